The maximum absolute atomic E-state index is 12.3. The predicted octanol–water partition coefficient (Wildman–Crippen LogP) is 3.08. The van der Waals surface area contributed by atoms with Crippen LogP contribution in [0, 0.1) is 12.8 Å². The maximum Gasteiger partial charge on any atom is 0.317 e. The van der Waals surface area contributed by atoms with Crippen molar-refractivity contribution < 1.29 is 4.79 Å². The van der Waals surface area contributed by atoms with Gasteiger partial charge in [0.1, 0.15) is 5.82 Å². The lowest BCUT2D eigenvalue weighted by Gasteiger charge is -2.34. The zero-order chi connectivity index (χ0) is 17.8. The number of urea groups is 1. The number of piperidine rings is 1. The number of carbonyl (C=O) groups is 1. The normalized spacial score (nSPS) is 17.8. The van der Waals surface area contributed by atoms with Crippen LogP contribution in [0.1, 0.15) is 32.4 Å². The van der Waals surface area contributed by atoms with E-state index in [1.165, 1.54) is 0 Å². The first-order valence-electron chi connectivity index (χ1n) is 9.02. The van der Waals surface area contributed by atoms with Crippen molar-refractivity contribution >= 4 is 6.03 Å². The molecule has 1 saturated heterocycles. The van der Waals surface area contributed by atoms with E-state index in [1.54, 1.807) is 12.4 Å². The third-order valence-electron chi connectivity index (χ3n) is 4.65. The van der Waals surface area contributed by atoms with E-state index in [0.717, 1.165) is 49.6 Å². The maximum atomic E-state index is 12.3. The van der Waals surface area contributed by atoms with Crippen molar-refractivity contribution in [3.05, 3.63) is 36.4 Å². The molecule has 25 heavy (non-hydrogen) atoms. The summed E-state index contributed by atoms with van der Waals surface area (Å²) in [7, 11) is 0. The minimum absolute atomic E-state index is 0.0522. The summed E-state index contributed by atoms with van der Waals surface area (Å²) in [6, 6.07) is 4.20. The van der Waals surface area contributed by atoms with Gasteiger partial charge in [-0.15, -0.1) is 0 Å². The highest BCUT2D eigenvalue weighted by molar-refractivity contribution is 5.74. The molecule has 1 atom stereocenters. The zero-order valence-corrected chi connectivity index (χ0v) is 15.3. The Balaban J connectivity index is 1.72. The van der Waals surface area contributed by atoms with Crippen molar-refractivity contribution in [3.8, 4) is 11.4 Å². The lowest BCUT2D eigenvalue weighted by Crippen LogP contribution is -2.48. The molecule has 1 N–H and O–H groups in total. The number of pyridine rings is 1. The van der Waals surface area contributed by atoms with Crippen LogP contribution in [0.2, 0.25) is 0 Å². The Hall–Kier alpha value is -2.37. The van der Waals surface area contributed by atoms with E-state index < -0.39 is 0 Å². The van der Waals surface area contributed by atoms with Gasteiger partial charge in [0.2, 0.25) is 0 Å². The highest BCUT2D eigenvalue weighted by atomic mass is 16.2. The Morgan fingerprint density at radius 2 is 2.12 bits per heavy atom. The fourth-order valence-corrected chi connectivity index (χ4v) is 3.42. The Bertz CT molecular complexity index is 710. The summed E-state index contributed by atoms with van der Waals surface area (Å²) in [4.78, 5) is 22.9. The Morgan fingerprint density at radius 3 is 2.84 bits per heavy atom. The van der Waals surface area contributed by atoms with Crippen molar-refractivity contribution in [3.63, 3.8) is 0 Å². The molecule has 1 aliphatic rings. The van der Waals surface area contributed by atoms with Crippen LogP contribution in [-0.4, -0.2) is 44.6 Å². The number of hydrogen-bond acceptors (Lipinski definition) is 3. The molecule has 0 saturated carbocycles. The molecule has 0 bridgehead atoms. The van der Waals surface area contributed by atoms with Crippen LogP contribution < -0.4 is 5.32 Å². The molecular weight excluding hydrogens is 314 g/mol. The highest BCUT2D eigenvalue weighted by Gasteiger charge is 2.25. The van der Waals surface area contributed by atoms with Crippen molar-refractivity contribution in [2.75, 3.05) is 13.1 Å². The number of nitrogens with one attached hydrogen (secondary N) is 1. The average Bonchev–Trinajstić information content (AvgIpc) is 2.96. The summed E-state index contributed by atoms with van der Waals surface area (Å²) in [5.41, 5.74) is 2.23. The number of amides is 2. The van der Waals surface area contributed by atoms with E-state index in [4.69, 9.17) is 0 Å². The topological polar surface area (TPSA) is 63.1 Å². The fraction of sp³-hybridized carbons (Fsp3) is 0.526. The quantitative estimate of drug-likeness (QED) is 0.929. The molecule has 2 aromatic heterocycles. The van der Waals surface area contributed by atoms with Crippen molar-refractivity contribution in [1.82, 2.24) is 24.8 Å². The minimum atomic E-state index is 0.0522. The van der Waals surface area contributed by atoms with Gasteiger partial charge in [0, 0.05) is 55.5 Å². The molecule has 0 aliphatic carbocycles. The SMILES string of the molecule is Cc1cnc(-c2ccncc2)n1CC1CCCN(C(=O)NC(C)C)C1. The van der Waals surface area contributed by atoms with E-state index in [2.05, 4.69) is 26.8 Å². The summed E-state index contributed by atoms with van der Waals surface area (Å²) < 4.78 is 2.27. The van der Waals surface area contributed by atoms with Crippen LogP contribution in [0.3, 0.4) is 0 Å². The second kappa shape index (κ2) is 7.68. The van der Waals surface area contributed by atoms with Gasteiger partial charge in [-0.25, -0.2) is 9.78 Å². The van der Waals surface area contributed by atoms with Crippen molar-refractivity contribution in [1.29, 1.82) is 0 Å². The molecule has 0 spiro atoms. The van der Waals surface area contributed by atoms with Gasteiger partial charge in [0.05, 0.1) is 0 Å². The molecule has 0 aromatic carbocycles. The van der Waals surface area contributed by atoms with Crippen LogP contribution in [0.5, 0.6) is 0 Å². The van der Waals surface area contributed by atoms with Gasteiger partial charge in [0.25, 0.3) is 0 Å². The second-order valence-electron chi connectivity index (χ2n) is 7.13. The molecule has 3 heterocycles. The summed E-state index contributed by atoms with van der Waals surface area (Å²) in [6.45, 7) is 8.60. The number of rotatable bonds is 4. The molecule has 2 amide bonds. The van der Waals surface area contributed by atoms with Gasteiger partial charge < -0.3 is 14.8 Å². The number of carbonyl (C=O) groups excluding carboxylic acids is 1. The Kier molecular flexibility index (Phi) is 5.36. The van der Waals surface area contributed by atoms with E-state index in [-0.39, 0.29) is 12.1 Å². The standard InChI is InChI=1S/C19H27N5O/c1-14(2)22-19(25)23-10-4-5-16(12-23)13-24-15(3)11-21-18(24)17-6-8-20-9-7-17/h6-9,11,14,16H,4-5,10,12-13H2,1-3H3,(H,22,25). The molecule has 1 fully saturated rings. The molecule has 6 nitrogen and oxygen atoms in total. The lowest BCUT2D eigenvalue weighted by atomic mass is 9.98. The van der Waals surface area contributed by atoms with Crippen LogP contribution in [0.15, 0.2) is 30.7 Å². The van der Waals surface area contributed by atoms with Crippen LogP contribution in [0.25, 0.3) is 11.4 Å². The molecule has 3 rings (SSSR count). The Morgan fingerprint density at radius 1 is 1.36 bits per heavy atom. The fourth-order valence-electron chi connectivity index (χ4n) is 3.42. The third-order valence-corrected chi connectivity index (χ3v) is 4.65. The second-order valence-corrected chi connectivity index (χ2v) is 7.13. The third kappa shape index (κ3) is 4.18. The number of nitrogens with zero attached hydrogens (tertiary/aromatic N) is 4. The number of imidazole rings is 1. The van der Waals surface area contributed by atoms with E-state index in [1.807, 2.05) is 37.1 Å². The predicted molar refractivity (Wildman–Crippen MR) is 98.2 cm³/mol. The summed E-state index contributed by atoms with van der Waals surface area (Å²) in [5, 5.41) is 3.00. The van der Waals surface area contributed by atoms with E-state index in [9.17, 15) is 4.79 Å². The molecule has 1 unspecified atom stereocenters. The molecule has 6 heteroatoms. The van der Waals surface area contributed by atoms with Crippen LogP contribution in [-0.2, 0) is 6.54 Å². The first kappa shape index (κ1) is 17.5. The van der Waals surface area contributed by atoms with Crippen molar-refractivity contribution in [2.24, 2.45) is 5.92 Å². The zero-order valence-electron chi connectivity index (χ0n) is 15.3. The number of hydrogen-bond donors (Lipinski definition) is 1. The number of likely N-dealkylation sites (tertiary alicyclic amines) is 1. The van der Waals surface area contributed by atoms with Gasteiger partial charge in [-0.05, 0) is 51.7 Å². The van der Waals surface area contributed by atoms with Gasteiger partial charge in [-0.3, -0.25) is 4.98 Å². The first-order valence-corrected chi connectivity index (χ1v) is 9.02. The number of aromatic nitrogens is 3. The van der Waals surface area contributed by atoms with Crippen LogP contribution >= 0.6 is 0 Å². The van der Waals surface area contributed by atoms with Gasteiger partial charge in [0.15, 0.2) is 0 Å². The molecular formula is C19H27N5O. The van der Waals surface area contributed by atoms with Gasteiger partial charge >= 0.3 is 6.03 Å². The summed E-state index contributed by atoms with van der Waals surface area (Å²) >= 11 is 0. The minimum Gasteiger partial charge on any atom is -0.336 e. The van der Waals surface area contributed by atoms with Crippen LogP contribution in [0.4, 0.5) is 4.79 Å². The molecule has 134 valence electrons. The van der Waals surface area contributed by atoms with E-state index in [0.29, 0.717) is 5.92 Å². The molecule has 2 aromatic rings. The molecule has 1 aliphatic heterocycles. The largest absolute Gasteiger partial charge is 0.336 e. The summed E-state index contributed by atoms with van der Waals surface area (Å²) in [6.07, 6.45) is 7.69. The lowest BCUT2D eigenvalue weighted by molar-refractivity contribution is 0.157. The highest BCUT2D eigenvalue weighted by Crippen LogP contribution is 2.24. The Labute approximate surface area is 149 Å². The average molecular weight is 341 g/mol. The van der Waals surface area contributed by atoms with Crippen molar-refractivity contribution in [2.45, 2.75) is 46.2 Å². The van der Waals surface area contributed by atoms with Gasteiger partial charge in [-0.1, -0.05) is 0 Å². The van der Waals surface area contributed by atoms with Gasteiger partial charge in [-0.2, -0.15) is 0 Å². The molecule has 0 radical (unpaired) electrons. The first-order chi connectivity index (χ1) is 12.0. The summed E-state index contributed by atoms with van der Waals surface area (Å²) in [5.74, 6) is 1.42. The van der Waals surface area contributed by atoms with E-state index >= 15 is 0 Å². The number of aryl methyl sites for hydroxylation is 1. The monoisotopic (exact) mass is 341 g/mol. The smallest absolute Gasteiger partial charge is 0.317 e.